The lowest BCUT2D eigenvalue weighted by atomic mass is 10.1. The second-order valence-electron chi connectivity index (χ2n) is 6.02. The van der Waals surface area contributed by atoms with Gasteiger partial charge in [-0.2, -0.15) is 0 Å². The Kier molecular flexibility index (Phi) is 3.84. The standard InChI is InChI=1S/C13H18Cl2NO2P/c1-12(2)8-18-19(17,13(3,4)16-12)11-6-9(14)5-10(15)7-11/h5-7,16H,8H2,1-4H3. The van der Waals surface area contributed by atoms with E-state index in [4.69, 9.17) is 27.7 Å². The lowest BCUT2D eigenvalue weighted by Crippen LogP contribution is -2.59. The van der Waals surface area contributed by atoms with Gasteiger partial charge in [0.15, 0.2) is 0 Å². The van der Waals surface area contributed by atoms with E-state index in [1.54, 1.807) is 18.2 Å². The molecule has 2 rings (SSSR count). The van der Waals surface area contributed by atoms with E-state index in [1.165, 1.54) is 0 Å². The number of hydrogen-bond donors (Lipinski definition) is 1. The Bertz CT molecular complexity index is 537. The van der Waals surface area contributed by atoms with Gasteiger partial charge in [-0.3, -0.25) is 9.88 Å². The first kappa shape index (κ1) is 15.3. The molecule has 1 heterocycles. The van der Waals surface area contributed by atoms with Crippen molar-refractivity contribution in [2.75, 3.05) is 6.61 Å². The van der Waals surface area contributed by atoms with Crippen molar-refractivity contribution in [3.8, 4) is 0 Å². The van der Waals surface area contributed by atoms with Gasteiger partial charge in [-0.05, 0) is 45.9 Å². The Balaban J connectivity index is 2.50. The normalized spacial score (nSPS) is 29.2. The van der Waals surface area contributed by atoms with Gasteiger partial charge in [0.1, 0.15) is 0 Å². The van der Waals surface area contributed by atoms with Gasteiger partial charge in [-0.1, -0.05) is 23.2 Å². The first-order valence-electron chi connectivity index (χ1n) is 6.06. The number of halogens is 2. The molecule has 19 heavy (non-hydrogen) atoms. The van der Waals surface area contributed by atoms with E-state index < -0.39 is 12.6 Å². The van der Waals surface area contributed by atoms with E-state index in [1.807, 2.05) is 27.7 Å². The summed E-state index contributed by atoms with van der Waals surface area (Å²) in [6.45, 7) is 8.16. The van der Waals surface area contributed by atoms with Crippen LogP contribution >= 0.6 is 30.6 Å². The van der Waals surface area contributed by atoms with Crippen molar-refractivity contribution in [2.45, 2.75) is 38.5 Å². The van der Waals surface area contributed by atoms with Crippen LogP contribution in [0.2, 0.25) is 10.0 Å². The lowest BCUT2D eigenvalue weighted by Gasteiger charge is -2.47. The molecule has 1 unspecified atom stereocenters. The Hall–Kier alpha value is -0.0500. The van der Waals surface area contributed by atoms with Gasteiger partial charge in [-0.25, -0.2) is 0 Å². The smallest absolute Gasteiger partial charge is 0.251 e. The van der Waals surface area contributed by atoms with Crippen molar-refractivity contribution < 1.29 is 9.09 Å². The molecule has 1 saturated heterocycles. The second-order valence-corrected chi connectivity index (χ2v) is 9.89. The first-order chi connectivity index (χ1) is 8.56. The molecule has 3 nitrogen and oxygen atoms in total. The maximum Gasteiger partial charge on any atom is 0.251 e. The second kappa shape index (κ2) is 4.75. The van der Waals surface area contributed by atoms with Crippen LogP contribution in [0, 0.1) is 0 Å². The number of hydrogen-bond acceptors (Lipinski definition) is 3. The minimum absolute atomic E-state index is 0.222. The van der Waals surface area contributed by atoms with Crippen LogP contribution in [0.3, 0.4) is 0 Å². The summed E-state index contributed by atoms with van der Waals surface area (Å²) < 4.78 is 19.0. The molecule has 0 aromatic heterocycles. The van der Waals surface area contributed by atoms with E-state index in [0.717, 1.165) is 0 Å². The molecule has 0 saturated carbocycles. The molecule has 1 aromatic rings. The van der Waals surface area contributed by atoms with E-state index >= 15 is 0 Å². The molecule has 1 aliphatic rings. The SMILES string of the molecule is CC1(C)COP(=O)(c2cc(Cl)cc(Cl)c2)C(C)(C)N1. The van der Waals surface area contributed by atoms with Crippen molar-refractivity contribution in [2.24, 2.45) is 0 Å². The van der Waals surface area contributed by atoms with Crippen LogP contribution in [0.5, 0.6) is 0 Å². The molecule has 106 valence electrons. The largest absolute Gasteiger partial charge is 0.322 e. The summed E-state index contributed by atoms with van der Waals surface area (Å²) >= 11 is 12.0. The molecule has 0 amide bonds. The quantitative estimate of drug-likeness (QED) is 0.793. The zero-order valence-electron chi connectivity index (χ0n) is 11.5. The van der Waals surface area contributed by atoms with Gasteiger partial charge in [0, 0.05) is 20.9 Å². The fourth-order valence-corrected chi connectivity index (χ4v) is 5.83. The van der Waals surface area contributed by atoms with Crippen LogP contribution in [-0.2, 0) is 9.09 Å². The number of nitrogens with one attached hydrogen (secondary N) is 1. The molecule has 0 spiro atoms. The summed E-state index contributed by atoms with van der Waals surface area (Å²) in [5, 5.41) is 4.18. The van der Waals surface area contributed by atoms with Crippen LogP contribution < -0.4 is 10.6 Å². The Morgan fingerprint density at radius 3 is 2.16 bits per heavy atom. The van der Waals surface area contributed by atoms with Gasteiger partial charge in [0.25, 0.3) is 7.37 Å². The number of benzene rings is 1. The van der Waals surface area contributed by atoms with Crippen molar-refractivity contribution >= 4 is 35.9 Å². The van der Waals surface area contributed by atoms with Crippen LogP contribution in [-0.4, -0.2) is 17.4 Å². The molecule has 1 fully saturated rings. The van der Waals surface area contributed by atoms with Crippen molar-refractivity contribution in [3.63, 3.8) is 0 Å². The highest BCUT2D eigenvalue weighted by Crippen LogP contribution is 2.59. The Morgan fingerprint density at radius 2 is 1.68 bits per heavy atom. The molecule has 0 radical (unpaired) electrons. The predicted octanol–water partition coefficient (Wildman–Crippen LogP) is 4.03. The molecular formula is C13H18Cl2NO2P. The average molecular weight is 322 g/mol. The molecule has 0 bridgehead atoms. The van der Waals surface area contributed by atoms with Gasteiger partial charge in [0.2, 0.25) is 0 Å². The maximum atomic E-state index is 13.3. The summed E-state index contributed by atoms with van der Waals surface area (Å²) in [5.74, 6) is 0. The zero-order valence-corrected chi connectivity index (χ0v) is 13.9. The molecule has 1 N–H and O–H groups in total. The zero-order chi connectivity index (χ0) is 14.5. The van der Waals surface area contributed by atoms with Gasteiger partial charge < -0.3 is 4.52 Å². The summed E-state index contributed by atoms with van der Waals surface area (Å²) in [4.78, 5) is 0. The summed E-state index contributed by atoms with van der Waals surface area (Å²) in [6.07, 6.45) is 0. The molecule has 0 aliphatic carbocycles. The minimum Gasteiger partial charge on any atom is -0.322 e. The molecule has 1 atom stereocenters. The highest BCUT2D eigenvalue weighted by Gasteiger charge is 2.50. The molecule has 6 heteroatoms. The van der Waals surface area contributed by atoms with Gasteiger partial charge >= 0.3 is 0 Å². The van der Waals surface area contributed by atoms with E-state index in [2.05, 4.69) is 5.32 Å². The maximum absolute atomic E-state index is 13.3. The van der Waals surface area contributed by atoms with E-state index in [9.17, 15) is 4.57 Å². The number of rotatable bonds is 1. The minimum atomic E-state index is -3.08. The van der Waals surface area contributed by atoms with Crippen LogP contribution in [0.4, 0.5) is 0 Å². The highest BCUT2D eigenvalue weighted by molar-refractivity contribution is 7.68. The topological polar surface area (TPSA) is 38.3 Å². The molecule has 1 aliphatic heterocycles. The van der Waals surface area contributed by atoms with Crippen molar-refractivity contribution in [3.05, 3.63) is 28.2 Å². The van der Waals surface area contributed by atoms with Crippen LogP contribution in [0.1, 0.15) is 27.7 Å². The van der Waals surface area contributed by atoms with Gasteiger partial charge in [-0.15, -0.1) is 0 Å². The third-order valence-corrected chi connectivity index (χ3v) is 6.63. The molecule has 1 aromatic carbocycles. The Morgan fingerprint density at radius 1 is 1.16 bits per heavy atom. The summed E-state index contributed by atoms with van der Waals surface area (Å²) in [6, 6.07) is 4.94. The van der Waals surface area contributed by atoms with Gasteiger partial charge in [0.05, 0.1) is 11.9 Å². The highest BCUT2D eigenvalue weighted by atomic mass is 35.5. The summed E-state index contributed by atoms with van der Waals surface area (Å²) in [7, 11) is -3.08. The average Bonchev–Trinajstić information content (AvgIpc) is 2.21. The monoisotopic (exact) mass is 321 g/mol. The summed E-state index contributed by atoms with van der Waals surface area (Å²) in [5.41, 5.74) is -0.222. The van der Waals surface area contributed by atoms with E-state index in [0.29, 0.717) is 22.0 Å². The van der Waals surface area contributed by atoms with E-state index in [-0.39, 0.29) is 5.54 Å². The van der Waals surface area contributed by atoms with Crippen LogP contribution in [0.15, 0.2) is 18.2 Å². The fraction of sp³-hybridized carbons (Fsp3) is 0.538. The molecular weight excluding hydrogens is 304 g/mol. The van der Waals surface area contributed by atoms with Crippen molar-refractivity contribution in [1.29, 1.82) is 0 Å². The third kappa shape index (κ3) is 2.86. The fourth-order valence-electron chi connectivity index (χ4n) is 2.46. The first-order valence-corrected chi connectivity index (χ1v) is 8.45. The predicted molar refractivity (Wildman–Crippen MR) is 80.9 cm³/mol. The lowest BCUT2D eigenvalue weighted by molar-refractivity contribution is 0.147. The van der Waals surface area contributed by atoms with Crippen LogP contribution in [0.25, 0.3) is 0 Å². The Labute approximate surface area is 124 Å². The third-order valence-electron chi connectivity index (χ3n) is 3.17. The van der Waals surface area contributed by atoms with Crippen molar-refractivity contribution in [1.82, 2.24) is 5.32 Å².